The van der Waals surface area contributed by atoms with Crippen molar-refractivity contribution < 1.29 is 0 Å². The summed E-state index contributed by atoms with van der Waals surface area (Å²) in [6, 6.07) is 1.87. The second-order valence-electron chi connectivity index (χ2n) is 3.80. The first-order valence-electron chi connectivity index (χ1n) is 5.49. The molecule has 3 nitrogen and oxygen atoms in total. The van der Waals surface area contributed by atoms with Crippen LogP contribution >= 0.6 is 0 Å². The highest BCUT2D eigenvalue weighted by molar-refractivity contribution is 5.27. The van der Waals surface area contributed by atoms with E-state index in [4.69, 9.17) is 0 Å². The highest BCUT2D eigenvalue weighted by Crippen LogP contribution is 2.14. The molecule has 0 aliphatic carbocycles. The van der Waals surface area contributed by atoms with Crippen molar-refractivity contribution in [3.8, 4) is 0 Å². The zero-order valence-corrected chi connectivity index (χ0v) is 8.52. The molecule has 3 heteroatoms. The summed E-state index contributed by atoms with van der Waals surface area (Å²) in [5, 5.41) is 0. The zero-order valence-electron chi connectivity index (χ0n) is 8.52. The molecule has 0 spiro atoms. The minimum Gasteiger partial charge on any atom is -0.341 e. The topological polar surface area (TPSA) is 29.0 Å². The zero-order chi connectivity index (χ0) is 9.64. The molecular weight excluding hydrogens is 174 g/mol. The molecule has 1 aliphatic rings. The molecule has 0 unspecified atom stereocenters. The van der Waals surface area contributed by atoms with E-state index in [1.807, 2.05) is 18.5 Å². The Hall–Kier alpha value is -1.12. The molecule has 0 aromatic carbocycles. The lowest BCUT2D eigenvalue weighted by molar-refractivity contribution is 0.550. The predicted molar refractivity (Wildman–Crippen MR) is 57.3 cm³/mol. The van der Waals surface area contributed by atoms with Gasteiger partial charge in [0.05, 0.1) is 0 Å². The van der Waals surface area contributed by atoms with Crippen LogP contribution in [-0.2, 0) is 0 Å². The Labute approximate surface area is 85.2 Å². The molecule has 14 heavy (non-hydrogen) atoms. The van der Waals surface area contributed by atoms with Crippen molar-refractivity contribution in [3.63, 3.8) is 0 Å². The van der Waals surface area contributed by atoms with Crippen molar-refractivity contribution >= 4 is 5.95 Å². The quantitative estimate of drug-likeness (QED) is 0.681. The monoisotopic (exact) mass is 191 g/mol. The van der Waals surface area contributed by atoms with Crippen molar-refractivity contribution in [2.45, 2.75) is 32.1 Å². The summed E-state index contributed by atoms with van der Waals surface area (Å²) in [6.45, 7) is 2.23. The van der Waals surface area contributed by atoms with E-state index in [-0.39, 0.29) is 0 Å². The SMILES string of the molecule is c1cnc(N2CCCCCCC2)nc1. The fourth-order valence-corrected chi connectivity index (χ4v) is 1.90. The van der Waals surface area contributed by atoms with E-state index in [0.717, 1.165) is 19.0 Å². The van der Waals surface area contributed by atoms with E-state index in [0.29, 0.717) is 0 Å². The molecule has 2 heterocycles. The molecule has 1 fully saturated rings. The Morgan fingerprint density at radius 3 is 2.07 bits per heavy atom. The summed E-state index contributed by atoms with van der Waals surface area (Å²) in [5.41, 5.74) is 0. The lowest BCUT2D eigenvalue weighted by Crippen LogP contribution is -2.28. The van der Waals surface area contributed by atoms with Gasteiger partial charge in [0.1, 0.15) is 0 Å². The van der Waals surface area contributed by atoms with E-state index < -0.39 is 0 Å². The van der Waals surface area contributed by atoms with Crippen LogP contribution in [0.5, 0.6) is 0 Å². The number of nitrogens with zero attached hydrogens (tertiary/aromatic N) is 3. The normalized spacial score (nSPS) is 18.7. The summed E-state index contributed by atoms with van der Waals surface area (Å²) < 4.78 is 0. The van der Waals surface area contributed by atoms with Crippen LogP contribution in [0.3, 0.4) is 0 Å². The van der Waals surface area contributed by atoms with Crippen molar-refractivity contribution in [1.29, 1.82) is 0 Å². The molecule has 0 N–H and O–H groups in total. The summed E-state index contributed by atoms with van der Waals surface area (Å²) in [7, 11) is 0. The van der Waals surface area contributed by atoms with Gasteiger partial charge in [0.25, 0.3) is 0 Å². The molecule has 0 radical (unpaired) electrons. The maximum absolute atomic E-state index is 4.29. The third-order valence-corrected chi connectivity index (χ3v) is 2.69. The molecule has 1 aromatic heterocycles. The van der Waals surface area contributed by atoms with Crippen molar-refractivity contribution in [2.75, 3.05) is 18.0 Å². The smallest absolute Gasteiger partial charge is 0.225 e. The molecule has 0 amide bonds. The van der Waals surface area contributed by atoms with E-state index in [1.165, 1.54) is 32.1 Å². The van der Waals surface area contributed by atoms with Gasteiger partial charge in [-0.25, -0.2) is 9.97 Å². The number of rotatable bonds is 1. The van der Waals surface area contributed by atoms with Crippen LogP contribution in [0.4, 0.5) is 5.95 Å². The summed E-state index contributed by atoms with van der Waals surface area (Å²) in [5.74, 6) is 0.898. The Morgan fingerprint density at radius 2 is 1.43 bits per heavy atom. The lowest BCUT2D eigenvalue weighted by Gasteiger charge is -2.24. The highest BCUT2D eigenvalue weighted by Gasteiger charge is 2.10. The number of hydrogen-bond donors (Lipinski definition) is 0. The van der Waals surface area contributed by atoms with Gasteiger partial charge in [-0.2, -0.15) is 0 Å². The average molecular weight is 191 g/mol. The van der Waals surface area contributed by atoms with Gasteiger partial charge in [-0.1, -0.05) is 19.3 Å². The Kier molecular flexibility index (Phi) is 3.33. The maximum Gasteiger partial charge on any atom is 0.225 e. The van der Waals surface area contributed by atoms with E-state index in [9.17, 15) is 0 Å². The summed E-state index contributed by atoms with van der Waals surface area (Å²) in [4.78, 5) is 10.9. The Morgan fingerprint density at radius 1 is 0.857 bits per heavy atom. The summed E-state index contributed by atoms with van der Waals surface area (Å²) >= 11 is 0. The second-order valence-corrected chi connectivity index (χ2v) is 3.80. The minimum atomic E-state index is 0.898. The van der Waals surface area contributed by atoms with Gasteiger partial charge in [0.2, 0.25) is 5.95 Å². The first-order valence-corrected chi connectivity index (χ1v) is 5.49. The van der Waals surface area contributed by atoms with Gasteiger partial charge in [0.15, 0.2) is 0 Å². The predicted octanol–water partition coefficient (Wildman–Crippen LogP) is 2.25. The fourth-order valence-electron chi connectivity index (χ4n) is 1.90. The van der Waals surface area contributed by atoms with Crippen LogP contribution in [0.2, 0.25) is 0 Å². The van der Waals surface area contributed by atoms with E-state index in [1.54, 1.807) is 0 Å². The number of aromatic nitrogens is 2. The summed E-state index contributed by atoms with van der Waals surface area (Å²) in [6.07, 6.45) is 10.3. The molecule has 1 aliphatic heterocycles. The van der Waals surface area contributed by atoms with Crippen molar-refractivity contribution in [2.24, 2.45) is 0 Å². The van der Waals surface area contributed by atoms with Gasteiger partial charge in [-0.3, -0.25) is 0 Å². The Balaban J connectivity index is 2.01. The molecule has 1 aromatic rings. The molecule has 76 valence electrons. The van der Waals surface area contributed by atoms with Crippen LogP contribution in [-0.4, -0.2) is 23.1 Å². The highest BCUT2D eigenvalue weighted by atomic mass is 15.2. The number of anilines is 1. The van der Waals surface area contributed by atoms with Gasteiger partial charge in [0, 0.05) is 25.5 Å². The average Bonchev–Trinajstić information content (AvgIpc) is 2.18. The van der Waals surface area contributed by atoms with Crippen LogP contribution < -0.4 is 4.90 Å². The van der Waals surface area contributed by atoms with Gasteiger partial charge in [-0.05, 0) is 18.9 Å². The molecule has 0 atom stereocenters. The van der Waals surface area contributed by atoms with Crippen LogP contribution in [0.25, 0.3) is 0 Å². The fraction of sp³-hybridized carbons (Fsp3) is 0.636. The lowest BCUT2D eigenvalue weighted by atomic mass is 10.1. The Bertz CT molecular complexity index is 252. The molecule has 0 saturated carbocycles. The first-order chi connectivity index (χ1) is 6.97. The first kappa shape index (κ1) is 9.44. The van der Waals surface area contributed by atoms with E-state index >= 15 is 0 Å². The standard InChI is InChI=1S/C11H17N3/c1-2-4-9-14(10-5-3-1)11-12-7-6-8-13-11/h6-8H,1-5,9-10H2. The molecular formula is C11H17N3. The van der Waals surface area contributed by atoms with Crippen LogP contribution in [0.15, 0.2) is 18.5 Å². The third-order valence-electron chi connectivity index (χ3n) is 2.69. The van der Waals surface area contributed by atoms with Gasteiger partial charge < -0.3 is 4.90 Å². The molecule has 1 saturated heterocycles. The van der Waals surface area contributed by atoms with Gasteiger partial charge in [-0.15, -0.1) is 0 Å². The van der Waals surface area contributed by atoms with E-state index in [2.05, 4.69) is 14.9 Å². The molecule has 2 rings (SSSR count). The van der Waals surface area contributed by atoms with Crippen molar-refractivity contribution in [3.05, 3.63) is 18.5 Å². The van der Waals surface area contributed by atoms with Crippen molar-refractivity contribution in [1.82, 2.24) is 9.97 Å². The van der Waals surface area contributed by atoms with Crippen LogP contribution in [0, 0.1) is 0 Å². The van der Waals surface area contributed by atoms with Gasteiger partial charge >= 0.3 is 0 Å². The minimum absolute atomic E-state index is 0.898. The number of hydrogen-bond acceptors (Lipinski definition) is 3. The largest absolute Gasteiger partial charge is 0.341 e. The second kappa shape index (κ2) is 4.94. The van der Waals surface area contributed by atoms with Crippen LogP contribution in [0.1, 0.15) is 32.1 Å². The molecule has 0 bridgehead atoms. The maximum atomic E-state index is 4.29. The third kappa shape index (κ3) is 2.44.